The predicted octanol–water partition coefficient (Wildman–Crippen LogP) is 4.35. The zero-order valence-corrected chi connectivity index (χ0v) is 14.3. The number of nitro groups is 1. The zero-order valence-electron chi connectivity index (χ0n) is 14.3. The molecule has 1 unspecified atom stereocenters. The SMILES string of the molecule is CCC(C)Oc1nc(N(C)c2ccccc2[N+](=O)[O-])ncc1C(F)(F)F. The third-order valence-electron chi connectivity index (χ3n) is 3.67. The summed E-state index contributed by atoms with van der Waals surface area (Å²) in [7, 11) is 1.43. The highest BCUT2D eigenvalue weighted by atomic mass is 19.4. The minimum Gasteiger partial charge on any atom is -0.474 e. The van der Waals surface area contributed by atoms with Gasteiger partial charge >= 0.3 is 6.18 Å². The third kappa shape index (κ3) is 4.19. The van der Waals surface area contributed by atoms with E-state index < -0.39 is 28.6 Å². The van der Waals surface area contributed by atoms with Gasteiger partial charge in [0.15, 0.2) is 0 Å². The molecule has 0 bridgehead atoms. The maximum Gasteiger partial charge on any atom is 0.423 e. The van der Waals surface area contributed by atoms with Crippen LogP contribution in [0.5, 0.6) is 5.88 Å². The fourth-order valence-corrected chi connectivity index (χ4v) is 2.09. The minimum absolute atomic E-state index is 0.145. The quantitative estimate of drug-likeness (QED) is 0.555. The Kier molecular flexibility index (Phi) is 5.63. The van der Waals surface area contributed by atoms with Crippen molar-refractivity contribution >= 4 is 17.3 Å². The number of nitro benzene ring substituents is 1. The molecule has 0 aliphatic rings. The number of para-hydroxylation sites is 2. The Morgan fingerprint density at radius 2 is 2.00 bits per heavy atom. The minimum atomic E-state index is -4.68. The average molecular weight is 370 g/mol. The summed E-state index contributed by atoms with van der Waals surface area (Å²) in [6.45, 7) is 3.38. The Labute approximate surface area is 147 Å². The molecule has 0 saturated heterocycles. The zero-order chi connectivity index (χ0) is 19.5. The molecular weight excluding hydrogens is 353 g/mol. The number of benzene rings is 1. The third-order valence-corrected chi connectivity index (χ3v) is 3.67. The number of alkyl halides is 3. The van der Waals surface area contributed by atoms with Gasteiger partial charge in [-0.2, -0.15) is 18.2 Å². The van der Waals surface area contributed by atoms with Gasteiger partial charge in [-0.25, -0.2) is 4.98 Å². The van der Waals surface area contributed by atoms with E-state index in [0.717, 1.165) is 0 Å². The molecule has 0 radical (unpaired) electrons. The maximum atomic E-state index is 13.2. The van der Waals surface area contributed by atoms with E-state index >= 15 is 0 Å². The number of anilines is 2. The summed E-state index contributed by atoms with van der Waals surface area (Å²) in [5, 5.41) is 11.2. The van der Waals surface area contributed by atoms with Crippen molar-refractivity contribution in [3.8, 4) is 5.88 Å². The lowest BCUT2D eigenvalue weighted by Crippen LogP contribution is -2.20. The van der Waals surface area contributed by atoms with Gasteiger partial charge < -0.3 is 9.64 Å². The van der Waals surface area contributed by atoms with Gasteiger partial charge in [0.2, 0.25) is 11.8 Å². The summed E-state index contributed by atoms with van der Waals surface area (Å²) < 4.78 is 44.8. The molecule has 0 aliphatic carbocycles. The summed E-state index contributed by atoms with van der Waals surface area (Å²) >= 11 is 0. The van der Waals surface area contributed by atoms with Crippen LogP contribution in [0.1, 0.15) is 25.8 Å². The van der Waals surface area contributed by atoms with E-state index in [0.29, 0.717) is 12.6 Å². The lowest BCUT2D eigenvalue weighted by atomic mass is 10.2. The lowest BCUT2D eigenvalue weighted by Gasteiger charge is -2.21. The molecule has 0 N–H and O–H groups in total. The van der Waals surface area contributed by atoms with E-state index in [2.05, 4.69) is 9.97 Å². The van der Waals surface area contributed by atoms with Gasteiger partial charge in [0.25, 0.3) is 5.69 Å². The normalized spacial score (nSPS) is 12.5. The second kappa shape index (κ2) is 7.54. The van der Waals surface area contributed by atoms with Crippen molar-refractivity contribution in [3.63, 3.8) is 0 Å². The molecular formula is C16H17F3N4O3. The highest BCUT2D eigenvalue weighted by Gasteiger charge is 2.37. The van der Waals surface area contributed by atoms with Crippen molar-refractivity contribution in [1.82, 2.24) is 9.97 Å². The summed E-state index contributed by atoms with van der Waals surface area (Å²) in [5.74, 6) is -0.757. The Hall–Kier alpha value is -2.91. The first-order valence-corrected chi connectivity index (χ1v) is 7.73. The highest BCUT2D eigenvalue weighted by Crippen LogP contribution is 2.37. The van der Waals surface area contributed by atoms with Gasteiger partial charge in [-0.15, -0.1) is 0 Å². The molecule has 0 spiro atoms. The Balaban J connectivity index is 2.50. The topological polar surface area (TPSA) is 81.4 Å². The molecule has 0 fully saturated rings. The van der Waals surface area contributed by atoms with E-state index in [9.17, 15) is 23.3 Å². The van der Waals surface area contributed by atoms with Crippen LogP contribution in [0.3, 0.4) is 0 Å². The van der Waals surface area contributed by atoms with Crippen LogP contribution in [-0.4, -0.2) is 28.0 Å². The van der Waals surface area contributed by atoms with Gasteiger partial charge in [-0.05, 0) is 19.4 Å². The standard InChI is InChI=1S/C16H17F3N4O3/c1-4-10(2)26-14-11(16(17,18)19)9-20-15(21-14)22(3)12-7-5-6-8-13(12)23(24)25/h5-10H,4H2,1-3H3. The molecule has 0 saturated carbocycles. The van der Waals surface area contributed by atoms with Crippen LogP contribution >= 0.6 is 0 Å². The highest BCUT2D eigenvalue weighted by molar-refractivity contribution is 5.68. The molecule has 10 heteroatoms. The summed E-state index contributed by atoms with van der Waals surface area (Å²) in [6, 6.07) is 5.79. The van der Waals surface area contributed by atoms with E-state index in [1.54, 1.807) is 19.9 Å². The second-order valence-corrected chi connectivity index (χ2v) is 5.53. The second-order valence-electron chi connectivity index (χ2n) is 5.53. The molecule has 1 heterocycles. The monoisotopic (exact) mass is 370 g/mol. The molecule has 7 nitrogen and oxygen atoms in total. The lowest BCUT2D eigenvalue weighted by molar-refractivity contribution is -0.384. The molecule has 0 amide bonds. The van der Waals surface area contributed by atoms with Gasteiger partial charge in [-0.1, -0.05) is 19.1 Å². The van der Waals surface area contributed by atoms with Gasteiger partial charge in [0, 0.05) is 19.3 Å². The molecule has 1 aromatic carbocycles. The molecule has 140 valence electrons. The Morgan fingerprint density at radius 1 is 1.35 bits per heavy atom. The van der Waals surface area contributed by atoms with Gasteiger partial charge in [-0.3, -0.25) is 10.1 Å². The number of rotatable bonds is 6. The Bertz CT molecular complexity index is 799. The van der Waals surface area contributed by atoms with Crippen molar-refractivity contribution < 1.29 is 22.8 Å². The first kappa shape index (κ1) is 19.4. The molecule has 0 aliphatic heterocycles. The average Bonchev–Trinajstić information content (AvgIpc) is 2.59. The van der Waals surface area contributed by atoms with Crippen molar-refractivity contribution in [2.24, 2.45) is 0 Å². The number of hydrogen-bond donors (Lipinski definition) is 0. The van der Waals surface area contributed by atoms with Crippen LogP contribution in [-0.2, 0) is 6.18 Å². The smallest absolute Gasteiger partial charge is 0.423 e. The fourth-order valence-electron chi connectivity index (χ4n) is 2.09. The van der Waals surface area contributed by atoms with Crippen LogP contribution < -0.4 is 9.64 Å². The van der Waals surface area contributed by atoms with Crippen LogP contribution in [0.25, 0.3) is 0 Å². The summed E-state index contributed by atoms with van der Waals surface area (Å²) in [5.41, 5.74) is -1.17. The Morgan fingerprint density at radius 3 is 2.58 bits per heavy atom. The van der Waals surface area contributed by atoms with Gasteiger partial charge in [0.05, 0.1) is 11.0 Å². The maximum absolute atomic E-state index is 13.2. The molecule has 2 aromatic rings. The number of nitrogens with zero attached hydrogens (tertiary/aromatic N) is 4. The largest absolute Gasteiger partial charge is 0.474 e. The summed E-state index contributed by atoms with van der Waals surface area (Å²) in [6.07, 6.45) is -4.07. The van der Waals surface area contributed by atoms with Crippen LogP contribution in [0.4, 0.5) is 30.5 Å². The van der Waals surface area contributed by atoms with Crippen molar-refractivity contribution in [2.75, 3.05) is 11.9 Å². The van der Waals surface area contributed by atoms with E-state index in [4.69, 9.17) is 4.74 Å². The van der Waals surface area contributed by atoms with E-state index in [1.165, 1.54) is 30.1 Å². The van der Waals surface area contributed by atoms with E-state index in [1.807, 2.05) is 0 Å². The molecule has 1 aromatic heterocycles. The van der Waals surface area contributed by atoms with Crippen LogP contribution in [0.2, 0.25) is 0 Å². The molecule has 2 rings (SSSR count). The predicted molar refractivity (Wildman–Crippen MR) is 88.6 cm³/mol. The van der Waals surface area contributed by atoms with Gasteiger partial charge in [0.1, 0.15) is 11.3 Å². The number of hydrogen-bond acceptors (Lipinski definition) is 6. The summed E-state index contributed by atoms with van der Waals surface area (Å²) in [4.78, 5) is 19.4. The molecule has 1 atom stereocenters. The van der Waals surface area contributed by atoms with E-state index in [-0.39, 0.29) is 17.3 Å². The number of halogens is 3. The fraction of sp³-hybridized carbons (Fsp3) is 0.375. The number of ether oxygens (including phenoxy) is 1. The van der Waals surface area contributed by atoms with Crippen molar-refractivity contribution in [3.05, 3.63) is 46.1 Å². The van der Waals surface area contributed by atoms with Crippen LogP contribution in [0, 0.1) is 10.1 Å². The van der Waals surface area contributed by atoms with Crippen LogP contribution in [0.15, 0.2) is 30.5 Å². The number of aromatic nitrogens is 2. The first-order valence-electron chi connectivity index (χ1n) is 7.73. The van der Waals surface area contributed by atoms with Crippen molar-refractivity contribution in [2.45, 2.75) is 32.5 Å². The van der Waals surface area contributed by atoms with Crippen molar-refractivity contribution in [1.29, 1.82) is 0 Å². The first-order chi connectivity index (χ1) is 12.1. The molecule has 26 heavy (non-hydrogen) atoms.